The number of nitrogens with two attached hydrogens (primary N) is 1. The van der Waals surface area contributed by atoms with Crippen molar-refractivity contribution in [2.24, 2.45) is 0 Å². The number of benzene rings is 1. The molecular formula is C15H24ClN3O. The molecule has 0 heterocycles. The highest BCUT2D eigenvalue weighted by Gasteiger charge is 2.23. The average molecular weight is 298 g/mol. The molecule has 4 nitrogen and oxygen atoms in total. The van der Waals surface area contributed by atoms with Crippen molar-refractivity contribution in [1.29, 1.82) is 0 Å². The predicted octanol–water partition coefficient (Wildman–Crippen LogP) is 3.37. The third-order valence-corrected chi connectivity index (χ3v) is 4.02. The Morgan fingerprint density at radius 1 is 1.40 bits per heavy atom. The fourth-order valence-electron chi connectivity index (χ4n) is 2.25. The molecular weight excluding hydrogens is 274 g/mol. The summed E-state index contributed by atoms with van der Waals surface area (Å²) in [5.74, 6) is -0.0616. The number of carbonyl (C=O) groups excluding carboxylic acids is 1. The Bertz CT molecular complexity index is 460. The van der Waals surface area contributed by atoms with Crippen molar-refractivity contribution in [2.75, 3.05) is 18.1 Å². The van der Waals surface area contributed by atoms with Gasteiger partial charge in [0.25, 0.3) is 0 Å². The topological polar surface area (TPSA) is 58.4 Å². The number of hydrogen-bond donors (Lipinski definition) is 2. The summed E-state index contributed by atoms with van der Waals surface area (Å²) >= 11 is 5.84. The first-order valence-corrected chi connectivity index (χ1v) is 7.36. The quantitative estimate of drug-likeness (QED) is 0.792. The zero-order valence-corrected chi connectivity index (χ0v) is 13.4. The summed E-state index contributed by atoms with van der Waals surface area (Å²) < 4.78 is 0. The lowest BCUT2D eigenvalue weighted by Gasteiger charge is -2.31. The van der Waals surface area contributed by atoms with E-state index in [9.17, 15) is 4.79 Å². The van der Waals surface area contributed by atoms with E-state index in [-0.39, 0.29) is 11.9 Å². The fourth-order valence-corrected chi connectivity index (χ4v) is 2.43. The van der Waals surface area contributed by atoms with Crippen molar-refractivity contribution in [3.05, 3.63) is 23.2 Å². The molecule has 0 aliphatic heterocycles. The highest BCUT2D eigenvalue weighted by atomic mass is 35.5. The summed E-state index contributed by atoms with van der Waals surface area (Å²) in [5, 5.41) is 3.41. The molecule has 20 heavy (non-hydrogen) atoms. The highest BCUT2D eigenvalue weighted by Crippen LogP contribution is 2.23. The summed E-state index contributed by atoms with van der Waals surface area (Å²) in [6.45, 7) is 6.17. The molecule has 3 N–H and O–H groups in total. The molecule has 1 aromatic carbocycles. The Kier molecular flexibility index (Phi) is 6.30. The van der Waals surface area contributed by atoms with Crippen LogP contribution in [0.3, 0.4) is 0 Å². The Hall–Kier alpha value is -1.26. The second kappa shape index (κ2) is 7.50. The van der Waals surface area contributed by atoms with E-state index in [1.165, 1.54) is 0 Å². The molecule has 1 unspecified atom stereocenters. The third kappa shape index (κ3) is 4.12. The molecule has 0 saturated heterocycles. The van der Waals surface area contributed by atoms with E-state index in [0.29, 0.717) is 22.4 Å². The number of nitrogen functional groups attached to an aromatic ring is 1. The Morgan fingerprint density at radius 3 is 2.50 bits per heavy atom. The normalized spacial score (nSPS) is 12.8. The van der Waals surface area contributed by atoms with Crippen LogP contribution in [0.1, 0.15) is 33.6 Å². The first kappa shape index (κ1) is 16.8. The van der Waals surface area contributed by atoms with Gasteiger partial charge in [-0.1, -0.05) is 25.4 Å². The molecule has 112 valence electrons. The number of likely N-dealkylation sites (N-methyl/N-ethyl adjacent to an activating group) is 1. The van der Waals surface area contributed by atoms with Crippen LogP contribution in [-0.4, -0.2) is 29.9 Å². The first-order valence-electron chi connectivity index (χ1n) is 6.98. The average Bonchev–Trinajstić information content (AvgIpc) is 2.42. The van der Waals surface area contributed by atoms with E-state index in [4.69, 9.17) is 17.3 Å². The SMILES string of the molecule is CCC(CC)N(C)C(C)C(=O)Nc1ccc(Cl)cc1N. The van der Waals surface area contributed by atoms with Crippen molar-refractivity contribution in [3.63, 3.8) is 0 Å². The monoisotopic (exact) mass is 297 g/mol. The van der Waals surface area contributed by atoms with Gasteiger partial charge in [0, 0.05) is 11.1 Å². The second-order valence-corrected chi connectivity index (χ2v) is 5.47. The molecule has 0 bridgehead atoms. The molecule has 0 saturated carbocycles. The third-order valence-electron chi connectivity index (χ3n) is 3.78. The molecule has 0 aromatic heterocycles. The van der Waals surface area contributed by atoms with Crippen molar-refractivity contribution < 1.29 is 4.79 Å². The highest BCUT2D eigenvalue weighted by molar-refractivity contribution is 6.31. The molecule has 1 aromatic rings. The van der Waals surface area contributed by atoms with Crippen LogP contribution in [-0.2, 0) is 4.79 Å². The van der Waals surface area contributed by atoms with Gasteiger partial charge in [0.05, 0.1) is 17.4 Å². The standard InChI is InChI=1S/C15H24ClN3O/c1-5-12(6-2)19(4)10(3)15(20)18-14-8-7-11(16)9-13(14)17/h7-10,12H,5-6,17H2,1-4H3,(H,18,20). The maximum atomic E-state index is 12.3. The lowest BCUT2D eigenvalue weighted by atomic mass is 10.1. The van der Waals surface area contributed by atoms with Crippen molar-refractivity contribution >= 4 is 28.9 Å². The summed E-state index contributed by atoms with van der Waals surface area (Å²) in [7, 11) is 1.98. The van der Waals surface area contributed by atoms with Crippen LogP contribution in [0, 0.1) is 0 Å². The van der Waals surface area contributed by atoms with Gasteiger partial charge in [-0.25, -0.2) is 0 Å². The molecule has 5 heteroatoms. The Balaban J connectivity index is 2.75. The number of nitrogens with one attached hydrogen (secondary N) is 1. The molecule has 1 amide bonds. The Morgan fingerprint density at radius 2 is 2.00 bits per heavy atom. The van der Waals surface area contributed by atoms with Gasteiger partial charge in [-0.3, -0.25) is 9.69 Å². The summed E-state index contributed by atoms with van der Waals surface area (Å²) in [4.78, 5) is 14.4. The summed E-state index contributed by atoms with van der Waals surface area (Å²) in [5.41, 5.74) is 6.92. The van der Waals surface area contributed by atoms with E-state index in [1.54, 1.807) is 18.2 Å². The van der Waals surface area contributed by atoms with Gasteiger partial charge in [0.15, 0.2) is 0 Å². The smallest absolute Gasteiger partial charge is 0.241 e. The fraction of sp³-hybridized carbons (Fsp3) is 0.533. The summed E-state index contributed by atoms with van der Waals surface area (Å²) in [6.07, 6.45) is 2.04. The largest absolute Gasteiger partial charge is 0.397 e. The zero-order valence-electron chi connectivity index (χ0n) is 12.6. The van der Waals surface area contributed by atoms with Crippen LogP contribution in [0.4, 0.5) is 11.4 Å². The predicted molar refractivity (Wildman–Crippen MR) is 86.1 cm³/mol. The number of amides is 1. The molecule has 0 aliphatic carbocycles. The number of halogens is 1. The van der Waals surface area contributed by atoms with E-state index in [1.807, 2.05) is 14.0 Å². The molecule has 0 aliphatic rings. The van der Waals surface area contributed by atoms with Crippen molar-refractivity contribution in [3.8, 4) is 0 Å². The van der Waals surface area contributed by atoms with Gasteiger partial charge in [0.2, 0.25) is 5.91 Å². The minimum atomic E-state index is -0.213. The van der Waals surface area contributed by atoms with E-state index < -0.39 is 0 Å². The minimum Gasteiger partial charge on any atom is -0.397 e. The van der Waals surface area contributed by atoms with E-state index >= 15 is 0 Å². The second-order valence-electron chi connectivity index (χ2n) is 5.03. The van der Waals surface area contributed by atoms with Crippen LogP contribution in [0.2, 0.25) is 5.02 Å². The van der Waals surface area contributed by atoms with Crippen LogP contribution in [0.5, 0.6) is 0 Å². The number of nitrogens with zero attached hydrogens (tertiary/aromatic N) is 1. The summed E-state index contributed by atoms with van der Waals surface area (Å²) in [6, 6.07) is 5.25. The number of carbonyl (C=O) groups is 1. The van der Waals surface area contributed by atoms with Gasteiger partial charge in [-0.15, -0.1) is 0 Å². The van der Waals surface area contributed by atoms with Crippen molar-refractivity contribution in [2.45, 2.75) is 45.7 Å². The van der Waals surface area contributed by atoms with Gasteiger partial charge < -0.3 is 11.1 Å². The first-order chi connectivity index (χ1) is 9.40. The Labute approximate surface area is 126 Å². The van der Waals surface area contributed by atoms with Crippen LogP contribution < -0.4 is 11.1 Å². The molecule has 1 atom stereocenters. The van der Waals surface area contributed by atoms with Gasteiger partial charge in [0.1, 0.15) is 0 Å². The zero-order chi connectivity index (χ0) is 15.3. The van der Waals surface area contributed by atoms with Gasteiger partial charge in [-0.2, -0.15) is 0 Å². The van der Waals surface area contributed by atoms with Crippen LogP contribution in [0.25, 0.3) is 0 Å². The maximum Gasteiger partial charge on any atom is 0.241 e. The van der Waals surface area contributed by atoms with E-state index in [2.05, 4.69) is 24.1 Å². The van der Waals surface area contributed by atoms with Crippen LogP contribution >= 0.6 is 11.6 Å². The molecule has 1 rings (SSSR count). The maximum absolute atomic E-state index is 12.3. The van der Waals surface area contributed by atoms with Crippen molar-refractivity contribution in [1.82, 2.24) is 4.90 Å². The number of anilines is 2. The van der Waals surface area contributed by atoms with Gasteiger partial charge >= 0.3 is 0 Å². The molecule has 0 spiro atoms. The van der Waals surface area contributed by atoms with E-state index in [0.717, 1.165) is 12.8 Å². The lowest BCUT2D eigenvalue weighted by molar-refractivity contribution is -0.121. The number of hydrogen-bond acceptors (Lipinski definition) is 3. The van der Waals surface area contributed by atoms with Gasteiger partial charge in [-0.05, 0) is 45.0 Å². The molecule has 0 fully saturated rings. The molecule has 0 radical (unpaired) electrons. The van der Waals surface area contributed by atoms with Crippen LogP contribution in [0.15, 0.2) is 18.2 Å². The number of rotatable bonds is 6. The minimum absolute atomic E-state index is 0.0616. The lowest BCUT2D eigenvalue weighted by Crippen LogP contribution is -2.45.